The molecule has 0 aliphatic heterocycles. The molecular weight excluding hydrogens is 302 g/mol. The Morgan fingerprint density at radius 1 is 1.19 bits per heavy atom. The summed E-state index contributed by atoms with van der Waals surface area (Å²) in [6, 6.07) is -1.65. The van der Waals surface area contributed by atoms with Gasteiger partial charge in [-0.3, -0.25) is 4.79 Å². The fraction of sp³-hybridized carbons (Fsp3) is 0.750. The predicted octanol–water partition coefficient (Wildman–Crippen LogP) is 0.570. The van der Waals surface area contributed by atoms with E-state index in [0.717, 1.165) is 18.6 Å². The summed E-state index contributed by atoms with van der Waals surface area (Å²) in [5.41, 5.74) is 0. The Bertz CT molecular complexity index is 380. The number of carboxylic acid groups (broad SMARTS) is 2. The van der Waals surface area contributed by atoms with Crippen LogP contribution in [0.25, 0.3) is 0 Å². The number of carbonyl (C=O) groups excluding carboxylic acids is 1. The number of carboxylic acids is 1. The minimum atomic E-state index is -2.94. The standard InChI is InChI=1S/C12H21NO7S/c1-3-4-6-21-7-5-8(9(14)15)13(11(17)18)10(16)12(2,19)20/h8,19-20H,3-7H2,1-2H3,(H,14,15)(H,17,18). The second-order valence-corrected chi connectivity index (χ2v) is 5.81. The third-order valence-electron chi connectivity index (χ3n) is 2.60. The number of nitrogens with zero attached hydrogens (tertiary/aromatic N) is 1. The molecule has 0 saturated heterocycles. The van der Waals surface area contributed by atoms with E-state index < -0.39 is 29.8 Å². The maximum Gasteiger partial charge on any atom is 0.415 e. The Morgan fingerprint density at radius 3 is 2.14 bits per heavy atom. The first-order valence-electron chi connectivity index (χ1n) is 6.44. The van der Waals surface area contributed by atoms with Gasteiger partial charge >= 0.3 is 12.1 Å². The van der Waals surface area contributed by atoms with Crippen molar-refractivity contribution in [1.29, 1.82) is 0 Å². The summed E-state index contributed by atoms with van der Waals surface area (Å²) in [4.78, 5) is 33.9. The van der Waals surface area contributed by atoms with Gasteiger partial charge in [0.1, 0.15) is 6.04 Å². The van der Waals surface area contributed by atoms with Crippen molar-refractivity contribution < 1.29 is 34.8 Å². The molecule has 0 spiro atoms. The van der Waals surface area contributed by atoms with Crippen LogP contribution in [0.3, 0.4) is 0 Å². The number of imide groups is 1. The van der Waals surface area contributed by atoms with Gasteiger partial charge in [0, 0.05) is 0 Å². The van der Waals surface area contributed by atoms with E-state index in [-0.39, 0.29) is 11.3 Å². The van der Waals surface area contributed by atoms with E-state index in [4.69, 9.17) is 10.2 Å². The van der Waals surface area contributed by atoms with Gasteiger partial charge in [-0.05, 0) is 31.3 Å². The summed E-state index contributed by atoms with van der Waals surface area (Å²) < 4.78 is 0. The van der Waals surface area contributed by atoms with Crippen molar-refractivity contribution in [2.75, 3.05) is 11.5 Å². The molecule has 0 heterocycles. The molecule has 0 aromatic rings. The third kappa shape index (κ3) is 6.78. The van der Waals surface area contributed by atoms with Crippen molar-refractivity contribution in [3.05, 3.63) is 0 Å². The van der Waals surface area contributed by atoms with Crippen molar-refractivity contribution in [2.45, 2.75) is 44.9 Å². The van der Waals surface area contributed by atoms with E-state index >= 15 is 0 Å². The SMILES string of the molecule is CCCCSCCC(C(=O)O)N(C(=O)O)C(=O)C(C)(O)O. The van der Waals surface area contributed by atoms with Crippen LogP contribution in [0.1, 0.15) is 33.1 Å². The first kappa shape index (κ1) is 19.7. The van der Waals surface area contributed by atoms with Gasteiger partial charge in [-0.25, -0.2) is 14.5 Å². The molecule has 21 heavy (non-hydrogen) atoms. The topological polar surface area (TPSA) is 135 Å². The van der Waals surface area contributed by atoms with E-state index in [1.807, 2.05) is 6.92 Å². The highest BCUT2D eigenvalue weighted by Crippen LogP contribution is 2.16. The van der Waals surface area contributed by atoms with Gasteiger partial charge in [-0.15, -0.1) is 0 Å². The molecule has 0 rings (SSSR count). The smallest absolute Gasteiger partial charge is 0.415 e. The van der Waals surface area contributed by atoms with Crippen molar-refractivity contribution in [1.82, 2.24) is 4.90 Å². The van der Waals surface area contributed by atoms with Crippen LogP contribution < -0.4 is 0 Å². The Balaban J connectivity index is 4.90. The van der Waals surface area contributed by atoms with Gasteiger partial charge in [0.25, 0.3) is 5.91 Å². The van der Waals surface area contributed by atoms with Crippen LogP contribution >= 0.6 is 11.8 Å². The Labute approximate surface area is 126 Å². The molecule has 8 nitrogen and oxygen atoms in total. The molecule has 0 radical (unpaired) electrons. The molecular formula is C12H21NO7S. The second kappa shape index (κ2) is 8.85. The molecule has 9 heteroatoms. The van der Waals surface area contributed by atoms with Gasteiger partial charge in [0.05, 0.1) is 0 Å². The highest BCUT2D eigenvalue weighted by atomic mass is 32.2. The zero-order valence-electron chi connectivity index (χ0n) is 12.0. The number of aliphatic carboxylic acids is 1. The van der Waals surface area contributed by atoms with Gasteiger partial charge in [-0.1, -0.05) is 13.3 Å². The van der Waals surface area contributed by atoms with Crippen molar-refractivity contribution in [3.63, 3.8) is 0 Å². The van der Waals surface area contributed by atoms with Crippen molar-refractivity contribution in [2.24, 2.45) is 0 Å². The summed E-state index contributed by atoms with van der Waals surface area (Å²) in [5.74, 6) is -4.88. The van der Waals surface area contributed by atoms with Gasteiger partial charge in [0.2, 0.25) is 5.79 Å². The monoisotopic (exact) mass is 323 g/mol. The van der Waals surface area contributed by atoms with E-state index in [1.165, 1.54) is 11.8 Å². The third-order valence-corrected chi connectivity index (χ3v) is 3.71. The van der Waals surface area contributed by atoms with Crippen LogP contribution in [0.4, 0.5) is 4.79 Å². The average molecular weight is 323 g/mol. The lowest BCUT2D eigenvalue weighted by atomic mass is 10.1. The number of amides is 2. The summed E-state index contributed by atoms with van der Waals surface area (Å²) in [7, 11) is 0. The van der Waals surface area contributed by atoms with Crippen LogP contribution in [0.2, 0.25) is 0 Å². The highest BCUT2D eigenvalue weighted by molar-refractivity contribution is 7.99. The number of thioether (sulfide) groups is 1. The normalized spacial score (nSPS) is 12.8. The zero-order chi connectivity index (χ0) is 16.6. The average Bonchev–Trinajstić information content (AvgIpc) is 2.34. The molecule has 4 N–H and O–H groups in total. The molecule has 0 fully saturated rings. The molecule has 0 aliphatic carbocycles. The summed E-state index contributed by atoms with van der Waals surface area (Å²) >= 11 is 1.45. The molecule has 2 amide bonds. The molecule has 1 unspecified atom stereocenters. The largest absolute Gasteiger partial charge is 0.480 e. The lowest BCUT2D eigenvalue weighted by Crippen LogP contribution is -2.56. The molecule has 0 bridgehead atoms. The van der Waals surface area contributed by atoms with E-state index in [9.17, 15) is 24.6 Å². The lowest BCUT2D eigenvalue weighted by molar-refractivity contribution is -0.190. The first-order valence-corrected chi connectivity index (χ1v) is 7.60. The van der Waals surface area contributed by atoms with E-state index in [1.54, 1.807) is 0 Å². The van der Waals surface area contributed by atoms with Gasteiger partial charge in [0.15, 0.2) is 0 Å². The van der Waals surface area contributed by atoms with Crippen LogP contribution in [0.15, 0.2) is 0 Å². The Kier molecular flexibility index (Phi) is 8.30. The summed E-state index contributed by atoms with van der Waals surface area (Å²) in [6.45, 7) is 2.69. The fourth-order valence-electron chi connectivity index (χ4n) is 1.50. The van der Waals surface area contributed by atoms with Crippen LogP contribution in [0.5, 0.6) is 0 Å². The predicted molar refractivity (Wildman–Crippen MR) is 76.0 cm³/mol. The summed E-state index contributed by atoms with van der Waals surface area (Å²) in [6.07, 6.45) is 0.00983. The maximum absolute atomic E-state index is 11.7. The van der Waals surface area contributed by atoms with E-state index in [0.29, 0.717) is 12.7 Å². The van der Waals surface area contributed by atoms with Crippen molar-refractivity contribution >= 4 is 29.7 Å². The molecule has 0 aliphatic rings. The van der Waals surface area contributed by atoms with Crippen molar-refractivity contribution in [3.8, 4) is 0 Å². The number of rotatable bonds is 9. The summed E-state index contributed by atoms with van der Waals surface area (Å²) in [5, 5.41) is 36.4. The minimum Gasteiger partial charge on any atom is -0.480 e. The van der Waals surface area contributed by atoms with E-state index in [2.05, 4.69) is 0 Å². The molecule has 0 saturated carbocycles. The van der Waals surface area contributed by atoms with Crippen LogP contribution in [-0.4, -0.2) is 66.6 Å². The number of unbranched alkanes of at least 4 members (excludes halogenated alkanes) is 1. The Hall–Kier alpha value is -1.32. The molecule has 0 aromatic heterocycles. The number of aliphatic hydroxyl groups is 2. The highest BCUT2D eigenvalue weighted by Gasteiger charge is 2.42. The second-order valence-electron chi connectivity index (χ2n) is 4.59. The molecule has 122 valence electrons. The van der Waals surface area contributed by atoms with Gasteiger partial charge in [-0.2, -0.15) is 11.8 Å². The minimum absolute atomic E-state index is 0.0390. The maximum atomic E-state index is 11.7. The molecule has 0 aromatic carbocycles. The fourth-order valence-corrected chi connectivity index (χ4v) is 2.58. The lowest BCUT2D eigenvalue weighted by Gasteiger charge is -2.28. The zero-order valence-corrected chi connectivity index (χ0v) is 12.8. The van der Waals surface area contributed by atoms with Gasteiger partial charge < -0.3 is 20.4 Å². The number of hydrogen-bond acceptors (Lipinski definition) is 6. The number of hydrogen-bond donors (Lipinski definition) is 4. The van der Waals surface area contributed by atoms with Crippen LogP contribution in [0, 0.1) is 0 Å². The molecule has 1 atom stereocenters. The number of carbonyl (C=O) groups is 3. The quantitative estimate of drug-likeness (QED) is 0.357. The van der Waals surface area contributed by atoms with Crippen LogP contribution in [-0.2, 0) is 9.59 Å². The first-order chi connectivity index (χ1) is 9.62. The Morgan fingerprint density at radius 2 is 1.76 bits per heavy atom.